The smallest absolute Gasteiger partial charge is 0.315 e. The number of hydrogen-bond donors (Lipinski definition) is 4. The number of hydrogen-bond acceptors (Lipinski definition) is 4. The molecule has 2 heterocycles. The summed E-state index contributed by atoms with van der Waals surface area (Å²) in [6, 6.07) is 4.55. The minimum atomic E-state index is -0.616. The Bertz CT molecular complexity index is 910. The molecule has 144 valence electrons. The molecule has 1 saturated heterocycles. The van der Waals surface area contributed by atoms with Gasteiger partial charge in [-0.15, -0.1) is 0 Å². The van der Waals surface area contributed by atoms with Gasteiger partial charge in [0.2, 0.25) is 11.8 Å². The van der Waals surface area contributed by atoms with Crippen molar-refractivity contribution in [2.45, 2.75) is 51.7 Å². The molecule has 1 aromatic heterocycles. The number of aromatic hydroxyl groups is 1. The van der Waals surface area contributed by atoms with Crippen LogP contribution in [0.15, 0.2) is 24.4 Å². The molecule has 1 atom stereocenters. The highest BCUT2D eigenvalue weighted by Gasteiger charge is 2.30. The number of imide groups is 1. The first-order chi connectivity index (χ1) is 12.6. The van der Waals surface area contributed by atoms with Crippen molar-refractivity contribution in [1.29, 1.82) is 0 Å². The summed E-state index contributed by atoms with van der Waals surface area (Å²) in [5, 5.41) is 19.8. The van der Waals surface area contributed by atoms with E-state index in [9.17, 15) is 19.5 Å². The van der Waals surface area contributed by atoms with Crippen LogP contribution >= 0.6 is 0 Å². The molecule has 4 N–H and O–H groups in total. The third kappa shape index (κ3) is 4.21. The van der Waals surface area contributed by atoms with Gasteiger partial charge in [0.05, 0.1) is 0 Å². The summed E-state index contributed by atoms with van der Waals surface area (Å²) in [6.07, 6.45) is 2.28. The monoisotopic (exact) mass is 372 g/mol. The van der Waals surface area contributed by atoms with Gasteiger partial charge in [0.15, 0.2) is 5.88 Å². The van der Waals surface area contributed by atoms with Crippen molar-refractivity contribution in [1.82, 2.24) is 20.5 Å². The Morgan fingerprint density at radius 3 is 2.74 bits per heavy atom. The lowest BCUT2D eigenvalue weighted by Gasteiger charge is -2.22. The van der Waals surface area contributed by atoms with Crippen molar-refractivity contribution < 1.29 is 19.5 Å². The molecule has 3 rings (SSSR count). The Morgan fingerprint density at radius 1 is 1.33 bits per heavy atom. The van der Waals surface area contributed by atoms with Gasteiger partial charge in [-0.1, -0.05) is 6.07 Å². The maximum atomic E-state index is 12.1. The molecule has 1 aromatic carbocycles. The molecule has 0 bridgehead atoms. The summed E-state index contributed by atoms with van der Waals surface area (Å²) < 4.78 is 1.50. The quantitative estimate of drug-likeness (QED) is 0.617. The van der Waals surface area contributed by atoms with E-state index in [1.54, 1.807) is 12.3 Å². The first-order valence-electron chi connectivity index (χ1n) is 8.86. The number of carbonyl (C=O) groups is 3. The van der Waals surface area contributed by atoms with Gasteiger partial charge in [-0.05, 0) is 44.9 Å². The van der Waals surface area contributed by atoms with Crippen LogP contribution in [-0.2, 0) is 16.1 Å². The van der Waals surface area contributed by atoms with Crippen LogP contribution < -0.4 is 16.0 Å². The molecule has 2 aromatic rings. The Hall–Kier alpha value is -3.03. The molecule has 0 spiro atoms. The van der Waals surface area contributed by atoms with Gasteiger partial charge in [0, 0.05) is 35.5 Å². The van der Waals surface area contributed by atoms with Crippen LogP contribution in [0.1, 0.15) is 45.2 Å². The first-order valence-corrected chi connectivity index (χ1v) is 8.86. The van der Waals surface area contributed by atoms with E-state index in [0.29, 0.717) is 18.4 Å². The zero-order valence-corrected chi connectivity index (χ0v) is 15.6. The molecule has 1 aliphatic heterocycles. The molecule has 1 aliphatic rings. The summed E-state index contributed by atoms with van der Waals surface area (Å²) >= 11 is 0. The molecule has 8 nitrogen and oxygen atoms in total. The predicted octanol–water partition coefficient (Wildman–Crippen LogP) is 1.92. The van der Waals surface area contributed by atoms with Crippen molar-refractivity contribution in [2.24, 2.45) is 0 Å². The fourth-order valence-corrected chi connectivity index (χ4v) is 3.13. The molecule has 1 fully saturated rings. The Morgan fingerprint density at radius 2 is 2.07 bits per heavy atom. The minimum absolute atomic E-state index is 0.00974. The van der Waals surface area contributed by atoms with Gasteiger partial charge in [-0.2, -0.15) is 0 Å². The van der Waals surface area contributed by atoms with Gasteiger partial charge in [-0.3, -0.25) is 14.9 Å². The van der Waals surface area contributed by atoms with E-state index in [4.69, 9.17) is 0 Å². The van der Waals surface area contributed by atoms with Crippen LogP contribution in [0.4, 0.5) is 4.79 Å². The SMILES string of the molecule is CC(C)(C)NC(=O)NCc1ccc2c(O)n(C3CCC(=O)NC3=O)cc2c1. The second-order valence-corrected chi connectivity index (χ2v) is 7.81. The van der Waals surface area contributed by atoms with Crippen molar-refractivity contribution in [3.63, 3.8) is 0 Å². The van der Waals surface area contributed by atoms with Gasteiger partial charge in [-0.25, -0.2) is 4.79 Å². The van der Waals surface area contributed by atoms with Gasteiger partial charge in [0.25, 0.3) is 0 Å². The van der Waals surface area contributed by atoms with E-state index in [1.165, 1.54) is 4.57 Å². The molecule has 27 heavy (non-hydrogen) atoms. The van der Waals surface area contributed by atoms with Crippen LogP contribution in [0.3, 0.4) is 0 Å². The van der Waals surface area contributed by atoms with Crippen LogP contribution in [0, 0.1) is 0 Å². The zero-order chi connectivity index (χ0) is 19.8. The number of rotatable bonds is 3. The van der Waals surface area contributed by atoms with Crippen molar-refractivity contribution in [2.75, 3.05) is 0 Å². The standard InChI is InChI=1S/C19H24N4O4/c1-19(2,3)22-18(27)20-9-11-4-5-13-12(8-11)10-23(17(13)26)14-6-7-15(24)21-16(14)25/h4-5,8,10,14,26H,6-7,9H2,1-3H3,(H2,20,22,27)(H,21,24,25). The maximum Gasteiger partial charge on any atom is 0.315 e. The first kappa shape index (κ1) is 18.8. The molecule has 0 radical (unpaired) electrons. The van der Waals surface area contributed by atoms with Crippen molar-refractivity contribution in [3.05, 3.63) is 30.0 Å². The Balaban J connectivity index is 1.77. The van der Waals surface area contributed by atoms with Gasteiger partial charge in [0.1, 0.15) is 6.04 Å². The number of nitrogens with zero attached hydrogens (tertiary/aromatic N) is 1. The highest BCUT2D eigenvalue weighted by Crippen LogP contribution is 2.33. The summed E-state index contributed by atoms with van der Waals surface area (Å²) in [7, 11) is 0. The fourth-order valence-electron chi connectivity index (χ4n) is 3.13. The lowest BCUT2D eigenvalue weighted by Crippen LogP contribution is -2.46. The van der Waals surface area contributed by atoms with E-state index >= 15 is 0 Å². The average Bonchev–Trinajstić information content (AvgIpc) is 2.88. The van der Waals surface area contributed by atoms with Gasteiger partial charge >= 0.3 is 6.03 Å². The zero-order valence-electron chi connectivity index (χ0n) is 15.6. The third-order valence-electron chi connectivity index (χ3n) is 4.37. The predicted molar refractivity (Wildman–Crippen MR) is 100 cm³/mol. The highest BCUT2D eigenvalue weighted by molar-refractivity contribution is 6.00. The summed E-state index contributed by atoms with van der Waals surface area (Å²) in [4.78, 5) is 35.3. The van der Waals surface area contributed by atoms with E-state index < -0.39 is 11.9 Å². The molecule has 4 amide bonds. The second kappa shape index (κ2) is 6.94. The Labute approximate surface area is 156 Å². The molecular formula is C19H24N4O4. The number of amides is 4. The van der Waals surface area contributed by atoms with Crippen LogP contribution in [0.2, 0.25) is 0 Å². The number of nitrogens with one attached hydrogen (secondary N) is 3. The average molecular weight is 372 g/mol. The normalized spacial score (nSPS) is 17.7. The number of carbonyl (C=O) groups excluding carboxylic acids is 3. The Kier molecular flexibility index (Phi) is 4.82. The number of benzene rings is 1. The minimum Gasteiger partial charge on any atom is -0.494 e. The summed E-state index contributed by atoms with van der Waals surface area (Å²) in [5.74, 6) is -0.721. The summed E-state index contributed by atoms with van der Waals surface area (Å²) in [6.45, 7) is 6.04. The van der Waals surface area contributed by atoms with Crippen LogP contribution in [-0.4, -0.2) is 33.1 Å². The van der Waals surface area contributed by atoms with E-state index in [-0.39, 0.29) is 29.8 Å². The number of piperidine rings is 1. The lowest BCUT2D eigenvalue weighted by atomic mass is 10.1. The maximum absolute atomic E-state index is 12.1. The number of urea groups is 1. The van der Waals surface area contributed by atoms with Crippen molar-refractivity contribution >= 4 is 28.6 Å². The highest BCUT2D eigenvalue weighted by atomic mass is 16.3. The topological polar surface area (TPSA) is 112 Å². The fraction of sp³-hybridized carbons (Fsp3) is 0.421. The number of fused-ring (bicyclic) bond motifs is 1. The second-order valence-electron chi connectivity index (χ2n) is 7.81. The molecule has 0 aliphatic carbocycles. The number of aromatic nitrogens is 1. The molecule has 0 saturated carbocycles. The van der Waals surface area contributed by atoms with Crippen LogP contribution in [0.25, 0.3) is 10.8 Å². The van der Waals surface area contributed by atoms with Gasteiger partial charge < -0.3 is 20.3 Å². The summed E-state index contributed by atoms with van der Waals surface area (Å²) in [5.41, 5.74) is 0.547. The third-order valence-corrected chi connectivity index (χ3v) is 4.37. The molecular weight excluding hydrogens is 348 g/mol. The van der Waals surface area contributed by atoms with E-state index in [0.717, 1.165) is 10.9 Å². The van der Waals surface area contributed by atoms with Crippen molar-refractivity contribution in [3.8, 4) is 5.88 Å². The lowest BCUT2D eigenvalue weighted by molar-refractivity contribution is -0.135. The van der Waals surface area contributed by atoms with E-state index in [1.807, 2.05) is 32.9 Å². The van der Waals surface area contributed by atoms with Crippen LogP contribution in [0.5, 0.6) is 5.88 Å². The largest absolute Gasteiger partial charge is 0.494 e. The molecule has 1 unspecified atom stereocenters. The van der Waals surface area contributed by atoms with E-state index in [2.05, 4.69) is 16.0 Å². The molecule has 8 heteroatoms.